The van der Waals surface area contributed by atoms with Crippen LogP contribution in [0.3, 0.4) is 0 Å². The van der Waals surface area contributed by atoms with Gasteiger partial charge in [-0.1, -0.05) is 62.4 Å². The van der Waals surface area contributed by atoms with Crippen LogP contribution in [0.25, 0.3) is 0 Å². The van der Waals surface area contributed by atoms with E-state index in [1.54, 1.807) is 0 Å². The molecular formula is C21H33NO3. The Balaban J connectivity index is 1.62. The Morgan fingerprint density at radius 3 is 2.40 bits per heavy atom. The second-order valence-electron chi connectivity index (χ2n) is 7.43. The number of aliphatic hydroxyl groups is 1. The molecule has 0 aliphatic carbocycles. The van der Waals surface area contributed by atoms with Gasteiger partial charge in [-0.25, -0.2) is 0 Å². The van der Waals surface area contributed by atoms with Gasteiger partial charge in [0.15, 0.2) is 0 Å². The van der Waals surface area contributed by atoms with Crippen molar-refractivity contribution in [2.45, 2.75) is 82.4 Å². The molecule has 3 unspecified atom stereocenters. The third kappa shape index (κ3) is 6.79. The molecule has 1 aliphatic rings. The van der Waals surface area contributed by atoms with Crippen molar-refractivity contribution in [3.05, 3.63) is 35.9 Å². The average Bonchev–Trinajstić information content (AvgIpc) is 2.85. The second-order valence-corrected chi connectivity index (χ2v) is 7.43. The zero-order valence-electron chi connectivity index (χ0n) is 15.4. The number of aliphatic carboxylic acids is 1. The molecule has 0 amide bonds. The van der Waals surface area contributed by atoms with Gasteiger partial charge in [0.05, 0.1) is 6.10 Å². The van der Waals surface area contributed by atoms with Crippen molar-refractivity contribution in [3.63, 3.8) is 0 Å². The van der Waals surface area contributed by atoms with E-state index in [-0.39, 0.29) is 12.1 Å². The van der Waals surface area contributed by atoms with Crippen LogP contribution in [0.2, 0.25) is 0 Å². The molecule has 1 saturated heterocycles. The lowest BCUT2D eigenvalue weighted by atomic mass is 10.0. The standard InChI is InChI=1S/C21H33NO3/c1-22-18(13-9-4-2-3-5-10-14-21(24)25)16-20(23)19(22)15-17-11-7-6-8-12-17/h6-8,11-12,18-20,23H,2-5,9-10,13-16H2,1H3,(H,24,25). The summed E-state index contributed by atoms with van der Waals surface area (Å²) in [6, 6.07) is 11.1. The number of likely N-dealkylation sites (N-methyl/N-ethyl adjacent to an activating group) is 1. The molecule has 1 heterocycles. The van der Waals surface area contributed by atoms with E-state index in [0.29, 0.717) is 12.5 Å². The van der Waals surface area contributed by atoms with Crippen LogP contribution in [0.1, 0.15) is 63.4 Å². The largest absolute Gasteiger partial charge is 0.481 e. The van der Waals surface area contributed by atoms with E-state index in [2.05, 4.69) is 36.2 Å². The lowest BCUT2D eigenvalue weighted by molar-refractivity contribution is -0.137. The minimum Gasteiger partial charge on any atom is -0.481 e. The Morgan fingerprint density at radius 2 is 1.72 bits per heavy atom. The Kier molecular flexibility index (Phi) is 8.42. The van der Waals surface area contributed by atoms with Crippen molar-refractivity contribution in [1.82, 2.24) is 4.90 Å². The fourth-order valence-electron chi connectivity index (χ4n) is 3.96. The first kappa shape index (κ1) is 19.9. The van der Waals surface area contributed by atoms with Crippen molar-refractivity contribution >= 4 is 5.97 Å². The van der Waals surface area contributed by atoms with Crippen LogP contribution in [-0.4, -0.2) is 46.3 Å². The highest BCUT2D eigenvalue weighted by molar-refractivity contribution is 5.66. The number of benzene rings is 1. The van der Waals surface area contributed by atoms with Gasteiger partial charge in [0, 0.05) is 18.5 Å². The number of carboxylic acid groups (broad SMARTS) is 1. The Bertz CT molecular complexity index is 505. The molecule has 25 heavy (non-hydrogen) atoms. The fourth-order valence-corrected chi connectivity index (χ4v) is 3.96. The number of hydrogen-bond donors (Lipinski definition) is 2. The summed E-state index contributed by atoms with van der Waals surface area (Å²) in [5.74, 6) is -0.687. The number of unbranched alkanes of at least 4 members (excludes halogenated alkanes) is 5. The van der Waals surface area contributed by atoms with Crippen molar-refractivity contribution in [2.75, 3.05) is 7.05 Å². The van der Waals surface area contributed by atoms with Crippen molar-refractivity contribution in [3.8, 4) is 0 Å². The summed E-state index contributed by atoms with van der Waals surface area (Å²) < 4.78 is 0. The zero-order chi connectivity index (χ0) is 18.1. The highest BCUT2D eigenvalue weighted by atomic mass is 16.4. The predicted molar refractivity (Wildman–Crippen MR) is 101 cm³/mol. The maximum Gasteiger partial charge on any atom is 0.303 e. The maximum atomic E-state index is 10.5. The zero-order valence-corrected chi connectivity index (χ0v) is 15.4. The molecule has 1 aromatic rings. The minimum atomic E-state index is -0.687. The van der Waals surface area contributed by atoms with E-state index >= 15 is 0 Å². The highest BCUT2D eigenvalue weighted by Gasteiger charge is 2.37. The first-order valence-electron chi connectivity index (χ1n) is 9.73. The smallest absolute Gasteiger partial charge is 0.303 e. The van der Waals surface area contributed by atoms with Crippen molar-refractivity contribution in [1.29, 1.82) is 0 Å². The second kappa shape index (κ2) is 10.6. The van der Waals surface area contributed by atoms with Crippen LogP contribution < -0.4 is 0 Å². The van der Waals surface area contributed by atoms with Crippen LogP contribution in [-0.2, 0) is 11.2 Å². The van der Waals surface area contributed by atoms with Gasteiger partial charge < -0.3 is 10.2 Å². The molecule has 2 rings (SSSR count). The number of aliphatic hydroxyl groups excluding tert-OH is 1. The Labute approximate surface area is 151 Å². The maximum absolute atomic E-state index is 10.5. The molecule has 0 radical (unpaired) electrons. The monoisotopic (exact) mass is 347 g/mol. The number of nitrogens with zero attached hydrogens (tertiary/aromatic N) is 1. The first-order valence-corrected chi connectivity index (χ1v) is 9.73. The molecule has 4 nitrogen and oxygen atoms in total. The van der Waals surface area contributed by atoms with Crippen molar-refractivity contribution in [2.24, 2.45) is 0 Å². The molecule has 1 fully saturated rings. The summed E-state index contributed by atoms with van der Waals surface area (Å²) >= 11 is 0. The molecule has 3 atom stereocenters. The van der Waals surface area contributed by atoms with Gasteiger partial charge in [-0.15, -0.1) is 0 Å². The molecule has 1 aromatic carbocycles. The van der Waals surface area contributed by atoms with E-state index in [1.807, 2.05) is 6.07 Å². The van der Waals surface area contributed by atoms with E-state index in [0.717, 1.165) is 38.5 Å². The van der Waals surface area contributed by atoms with Crippen LogP contribution in [0.15, 0.2) is 30.3 Å². The SMILES string of the molecule is CN1C(CCCCCCCCC(=O)O)CC(O)C1Cc1ccccc1. The molecule has 1 aliphatic heterocycles. The van der Waals surface area contributed by atoms with Crippen LogP contribution in [0, 0.1) is 0 Å². The lowest BCUT2D eigenvalue weighted by Crippen LogP contribution is -2.37. The normalized spacial score (nSPS) is 23.8. The molecule has 0 aromatic heterocycles. The van der Waals surface area contributed by atoms with E-state index in [9.17, 15) is 9.90 Å². The van der Waals surface area contributed by atoms with Gasteiger partial charge in [-0.05, 0) is 38.3 Å². The van der Waals surface area contributed by atoms with Gasteiger partial charge in [0.1, 0.15) is 0 Å². The average molecular weight is 347 g/mol. The third-order valence-electron chi connectivity index (χ3n) is 5.52. The number of likely N-dealkylation sites (tertiary alicyclic amines) is 1. The number of carboxylic acids is 1. The van der Waals surface area contributed by atoms with Gasteiger partial charge in [-0.2, -0.15) is 0 Å². The highest BCUT2D eigenvalue weighted by Crippen LogP contribution is 2.29. The fraction of sp³-hybridized carbons (Fsp3) is 0.667. The molecule has 0 bridgehead atoms. The summed E-state index contributed by atoms with van der Waals surface area (Å²) in [6.45, 7) is 0. The van der Waals surface area contributed by atoms with Crippen molar-refractivity contribution < 1.29 is 15.0 Å². The Hall–Kier alpha value is -1.39. The summed E-state index contributed by atoms with van der Waals surface area (Å²) in [7, 11) is 2.15. The van der Waals surface area contributed by atoms with Gasteiger partial charge in [0.25, 0.3) is 0 Å². The minimum absolute atomic E-state index is 0.225. The third-order valence-corrected chi connectivity index (χ3v) is 5.52. The molecule has 4 heteroatoms. The summed E-state index contributed by atoms with van der Waals surface area (Å²) in [6.07, 6.45) is 9.55. The van der Waals surface area contributed by atoms with Gasteiger partial charge in [0.2, 0.25) is 0 Å². The van der Waals surface area contributed by atoms with Crippen LogP contribution >= 0.6 is 0 Å². The number of rotatable bonds is 11. The molecular weight excluding hydrogens is 314 g/mol. The summed E-state index contributed by atoms with van der Waals surface area (Å²) in [5, 5.41) is 19.1. The lowest BCUT2D eigenvalue weighted by Gasteiger charge is -2.26. The molecule has 140 valence electrons. The van der Waals surface area contributed by atoms with Crippen LogP contribution in [0.5, 0.6) is 0 Å². The number of carbonyl (C=O) groups is 1. The molecule has 0 saturated carbocycles. The topological polar surface area (TPSA) is 60.8 Å². The van der Waals surface area contributed by atoms with Gasteiger partial charge in [-0.3, -0.25) is 9.69 Å². The van der Waals surface area contributed by atoms with E-state index in [1.165, 1.54) is 24.8 Å². The van der Waals surface area contributed by atoms with E-state index < -0.39 is 5.97 Å². The van der Waals surface area contributed by atoms with Crippen LogP contribution in [0.4, 0.5) is 0 Å². The molecule has 2 N–H and O–H groups in total. The van der Waals surface area contributed by atoms with E-state index in [4.69, 9.17) is 5.11 Å². The predicted octanol–water partition coefficient (Wildman–Crippen LogP) is 3.87. The summed E-state index contributed by atoms with van der Waals surface area (Å²) in [4.78, 5) is 12.8. The van der Waals surface area contributed by atoms with Gasteiger partial charge >= 0.3 is 5.97 Å². The quantitative estimate of drug-likeness (QED) is 0.597. The Morgan fingerprint density at radius 1 is 1.08 bits per heavy atom. The summed E-state index contributed by atoms with van der Waals surface area (Å²) in [5.41, 5.74) is 1.29. The first-order chi connectivity index (χ1) is 12.1. The number of hydrogen-bond acceptors (Lipinski definition) is 3. The molecule has 0 spiro atoms.